The molecule has 6 nitrogen and oxygen atoms in total. The summed E-state index contributed by atoms with van der Waals surface area (Å²) in [6.45, 7) is 3.89. The van der Waals surface area contributed by atoms with Gasteiger partial charge in [0, 0.05) is 12.6 Å². The normalized spacial score (nSPS) is 10.8. The maximum atomic E-state index is 12.4. The van der Waals surface area contributed by atoms with Crippen LogP contribution in [-0.4, -0.2) is 33.5 Å². The van der Waals surface area contributed by atoms with Crippen molar-refractivity contribution in [1.29, 1.82) is 0 Å². The van der Waals surface area contributed by atoms with Crippen molar-refractivity contribution < 1.29 is 9.53 Å². The fraction of sp³-hybridized carbons (Fsp3) is 0.250. The van der Waals surface area contributed by atoms with E-state index in [0.29, 0.717) is 15.9 Å². The molecule has 0 bridgehead atoms. The number of nitrogens with zero attached hydrogens (tertiary/aromatic N) is 3. The average molecular weight is 417 g/mol. The highest BCUT2D eigenvalue weighted by Crippen LogP contribution is 2.28. The lowest BCUT2D eigenvalue weighted by Gasteiger charge is -2.11. The summed E-state index contributed by atoms with van der Waals surface area (Å²) in [5, 5.41) is 12.5. The molecule has 0 unspecified atom stereocenters. The van der Waals surface area contributed by atoms with Crippen molar-refractivity contribution >= 4 is 35.0 Å². The lowest BCUT2D eigenvalue weighted by atomic mass is 10.1. The van der Waals surface area contributed by atoms with E-state index in [1.54, 1.807) is 7.11 Å². The van der Waals surface area contributed by atoms with E-state index in [1.807, 2.05) is 61.9 Å². The van der Waals surface area contributed by atoms with Crippen LogP contribution < -0.4 is 10.1 Å². The van der Waals surface area contributed by atoms with E-state index < -0.39 is 0 Å². The highest BCUT2D eigenvalue weighted by atomic mass is 35.5. The predicted octanol–water partition coefficient (Wildman–Crippen LogP) is 4.49. The van der Waals surface area contributed by atoms with Gasteiger partial charge in [-0.05, 0) is 55.3 Å². The quantitative estimate of drug-likeness (QED) is 0.599. The molecule has 0 saturated heterocycles. The van der Waals surface area contributed by atoms with Gasteiger partial charge in [0.25, 0.3) is 0 Å². The second kappa shape index (κ2) is 8.67. The molecule has 0 aliphatic heterocycles. The number of halogens is 1. The van der Waals surface area contributed by atoms with Crippen LogP contribution in [0.3, 0.4) is 0 Å². The number of methoxy groups -OCH3 is 1. The Hall–Kier alpha value is -2.51. The Labute approximate surface area is 173 Å². The highest BCUT2D eigenvalue weighted by Gasteiger charge is 2.14. The van der Waals surface area contributed by atoms with E-state index in [-0.39, 0.29) is 11.7 Å². The number of aryl methyl sites for hydroxylation is 2. The molecule has 146 valence electrons. The molecule has 0 radical (unpaired) electrons. The van der Waals surface area contributed by atoms with Gasteiger partial charge in [0.2, 0.25) is 5.91 Å². The summed E-state index contributed by atoms with van der Waals surface area (Å²) >= 11 is 7.58. The molecule has 1 amide bonds. The first-order valence-corrected chi connectivity index (χ1v) is 9.98. The number of anilines is 1. The Morgan fingerprint density at radius 2 is 1.93 bits per heavy atom. The summed E-state index contributed by atoms with van der Waals surface area (Å²) in [6.07, 6.45) is 0. The second-order valence-electron chi connectivity index (χ2n) is 6.37. The summed E-state index contributed by atoms with van der Waals surface area (Å²) in [5.41, 5.74) is 3.56. The van der Waals surface area contributed by atoms with E-state index in [1.165, 1.54) is 11.8 Å². The maximum Gasteiger partial charge on any atom is 0.234 e. The van der Waals surface area contributed by atoms with Crippen LogP contribution >= 0.6 is 23.4 Å². The molecule has 1 N–H and O–H groups in total. The molecule has 0 atom stereocenters. The van der Waals surface area contributed by atoms with Crippen molar-refractivity contribution in [1.82, 2.24) is 14.8 Å². The number of hydrogen-bond acceptors (Lipinski definition) is 5. The van der Waals surface area contributed by atoms with Crippen molar-refractivity contribution in [2.45, 2.75) is 19.0 Å². The fourth-order valence-corrected chi connectivity index (χ4v) is 3.89. The summed E-state index contributed by atoms with van der Waals surface area (Å²) < 4.78 is 7.04. The van der Waals surface area contributed by atoms with Gasteiger partial charge >= 0.3 is 0 Å². The molecular weight excluding hydrogens is 396 g/mol. The number of aromatic nitrogens is 3. The topological polar surface area (TPSA) is 69.0 Å². The number of thioether (sulfide) groups is 1. The number of carbonyl (C=O) groups excluding carboxylic acids is 1. The molecule has 3 rings (SSSR count). The first kappa shape index (κ1) is 20.2. The van der Waals surface area contributed by atoms with Gasteiger partial charge in [0.15, 0.2) is 11.0 Å². The SMILES string of the molecule is COc1ccc(-c2nnc(SCC(=O)Nc3c(C)cc(C)cc3Cl)n2C)cc1. The van der Waals surface area contributed by atoms with Crippen molar-refractivity contribution in [2.24, 2.45) is 7.05 Å². The summed E-state index contributed by atoms with van der Waals surface area (Å²) in [6, 6.07) is 11.4. The van der Waals surface area contributed by atoms with E-state index >= 15 is 0 Å². The molecule has 8 heteroatoms. The van der Waals surface area contributed by atoms with Gasteiger partial charge in [0.05, 0.1) is 23.6 Å². The van der Waals surface area contributed by atoms with E-state index in [4.69, 9.17) is 16.3 Å². The van der Waals surface area contributed by atoms with Crippen molar-refractivity contribution in [2.75, 3.05) is 18.2 Å². The van der Waals surface area contributed by atoms with Crippen LogP contribution in [0.2, 0.25) is 5.02 Å². The van der Waals surface area contributed by atoms with Gasteiger partial charge in [-0.3, -0.25) is 4.79 Å². The van der Waals surface area contributed by atoms with Gasteiger partial charge in [-0.2, -0.15) is 0 Å². The maximum absolute atomic E-state index is 12.4. The average Bonchev–Trinajstić information content (AvgIpc) is 3.03. The lowest BCUT2D eigenvalue weighted by molar-refractivity contribution is -0.113. The minimum absolute atomic E-state index is 0.146. The van der Waals surface area contributed by atoms with Gasteiger partial charge in [-0.15, -0.1) is 10.2 Å². The molecule has 0 fully saturated rings. The van der Waals surface area contributed by atoms with Crippen molar-refractivity contribution in [3.8, 4) is 17.1 Å². The van der Waals surface area contributed by atoms with Crippen LogP contribution in [0.25, 0.3) is 11.4 Å². The van der Waals surface area contributed by atoms with Crippen LogP contribution in [-0.2, 0) is 11.8 Å². The number of amides is 1. The Balaban J connectivity index is 1.66. The Bertz CT molecular complexity index is 979. The lowest BCUT2D eigenvalue weighted by Crippen LogP contribution is -2.15. The molecule has 1 aromatic heterocycles. The molecule has 0 aliphatic carbocycles. The minimum atomic E-state index is -0.146. The smallest absolute Gasteiger partial charge is 0.234 e. The van der Waals surface area contributed by atoms with Crippen LogP contribution in [0, 0.1) is 13.8 Å². The van der Waals surface area contributed by atoms with Gasteiger partial charge in [0.1, 0.15) is 5.75 Å². The molecule has 0 aliphatic rings. The number of hydrogen-bond donors (Lipinski definition) is 1. The van der Waals surface area contributed by atoms with Gasteiger partial charge in [-0.25, -0.2) is 0 Å². The number of ether oxygens (including phenoxy) is 1. The standard InChI is InChI=1S/C20H21ClN4O2S/c1-12-9-13(2)18(16(21)10-12)22-17(26)11-28-20-24-23-19(25(20)3)14-5-7-15(27-4)8-6-14/h5-10H,11H2,1-4H3,(H,22,26). The number of benzene rings is 2. The number of rotatable bonds is 6. The monoisotopic (exact) mass is 416 g/mol. The van der Waals surface area contributed by atoms with E-state index in [9.17, 15) is 4.79 Å². The number of nitrogens with one attached hydrogen (secondary N) is 1. The van der Waals surface area contributed by atoms with Crippen molar-refractivity contribution in [3.63, 3.8) is 0 Å². The Morgan fingerprint density at radius 3 is 2.57 bits per heavy atom. The summed E-state index contributed by atoms with van der Waals surface area (Å²) in [5.74, 6) is 1.57. The largest absolute Gasteiger partial charge is 0.497 e. The molecule has 2 aromatic carbocycles. The van der Waals surface area contributed by atoms with Crippen LogP contribution in [0.4, 0.5) is 5.69 Å². The van der Waals surface area contributed by atoms with Crippen molar-refractivity contribution in [3.05, 3.63) is 52.5 Å². The minimum Gasteiger partial charge on any atom is -0.497 e. The zero-order valence-electron chi connectivity index (χ0n) is 16.1. The van der Waals surface area contributed by atoms with Crippen LogP contribution in [0.1, 0.15) is 11.1 Å². The summed E-state index contributed by atoms with van der Waals surface area (Å²) in [7, 11) is 3.50. The molecular formula is C20H21ClN4O2S. The number of carbonyl (C=O) groups is 1. The Kier molecular flexibility index (Phi) is 6.26. The fourth-order valence-electron chi connectivity index (χ4n) is 2.81. The molecule has 0 saturated carbocycles. The first-order chi connectivity index (χ1) is 13.4. The Morgan fingerprint density at radius 1 is 1.21 bits per heavy atom. The summed E-state index contributed by atoms with van der Waals surface area (Å²) in [4.78, 5) is 12.4. The van der Waals surface area contributed by atoms with Gasteiger partial charge in [-0.1, -0.05) is 29.4 Å². The predicted molar refractivity (Wildman–Crippen MR) is 113 cm³/mol. The molecule has 28 heavy (non-hydrogen) atoms. The molecule has 0 spiro atoms. The first-order valence-electron chi connectivity index (χ1n) is 8.62. The third-order valence-corrected chi connectivity index (χ3v) is 5.53. The zero-order chi connectivity index (χ0) is 20.3. The zero-order valence-corrected chi connectivity index (χ0v) is 17.7. The second-order valence-corrected chi connectivity index (χ2v) is 7.72. The highest BCUT2D eigenvalue weighted by molar-refractivity contribution is 7.99. The third-order valence-electron chi connectivity index (χ3n) is 4.21. The molecule has 1 heterocycles. The van der Waals surface area contributed by atoms with Gasteiger partial charge < -0.3 is 14.6 Å². The van der Waals surface area contributed by atoms with Crippen LogP contribution in [0.15, 0.2) is 41.6 Å². The third kappa shape index (κ3) is 4.48. The van der Waals surface area contributed by atoms with E-state index in [2.05, 4.69) is 15.5 Å². The van der Waals surface area contributed by atoms with E-state index in [0.717, 1.165) is 28.3 Å². The van der Waals surface area contributed by atoms with Crippen LogP contribution in [0.5, 0.6) is 5.75 Å². The molecule has 3 aromatic rings.